The van der Waals surface area contributed by atoms with Gasteiger partial charge in [-0.05, 0) is 91.6 Å². The molecule has 3 saturated heterocycles. The molecule has 0 radical (unpaired) electrons. The molecule has 9 rings (SSSR count). The summed E-state index contributed by atoms with van der Waals surface area (Å²) >= 11 is 0. The lowest BCUT2D eigenvalue weighted by atomic mass is 9.63. The third kappa shape index (κ3) is 4.83. The van der Waals surface area contributed by atoms with Gasteiger partial charge < -0.3 is 25.0 Å². The number of hydrogen-bond acceptors (Lipinski definition) is 7. The molecule has 1 spiro atoms. The predicted octanol–water partition coefficient (Wildman–Crippen LogP) is 6.31. The quantitative estimate of drug-likeness (QED) is 0.231. The lowest BCUT2D eigenvalue weighted by Gasteiger charge is -2.56. The average molecular weight is 636 g/mol. The molecule has 5 aliphatic rings. The van der Waals surface area contributed by atoms with Crippen molar-refractivity contribution in [2.75, 3.05) is 44.2 Å². The molecule has 242 valence electrons. The molecule has 2 unspecified atom stereocenters. The second-order valence-electron chi connectivity index (χ2n) is 15.1. The van der Waals surface area contributed by atoms with Gasteiger partial charge in [-0.15, -0.1) is 6.42 Å². The lowest BCUT2D eigenvalue weighted by molar-refractivity contribution is -0.0716. The minimum atomic E-state index is -0.575. The van der Waals surface area contributed by atoms with Crippen LogP contribution in [0.3, 0.4) is 0 Å². The monoisotopic (exact) mass is 635 g/mol. The number of nitrogens with zero attached hydrogens (tertiary/aromatic N) is 4. The number of aromatic hydroxyl groups is 1. The summed E-state index contributed by atoms with van der Waals surface area (Å²) in [6, 6.07) is 8.58. The topological polar surface area (TPSA) is 73.8 Å². The molecule has 2 N–H and O–H groups in total. The van der Waals surface area contributed by atoms with Crippen LogP contribution in [0, 0.1) is 41.7 Å². The molecular weight excluding hydrogens is 596 g/mol. The zero-order valence-corrected chi connectivity index (χ0v) is 26.7. The van der Waals surface area contributed by atoms with Crippen molar-refractivity contribution in [1.82, 2.24) is 20.2 Å². The van der Waals surface area contributed by atoms with Crippen LogP contribution in [0.1, 0.15) is 56.1 Å². The molecule has 4 heterocycles. The number of nitrogens with one attached hydrogen (secondary N) is 1. The number of terminal acetylenes is 1. The Hall–Kier alpha value is -4.00. The number of piperazine rings is 1. The SMILES string of the molecule is C#Cc1c(F)ccc2cc(O)cc(-c3c(C)cc4c(N5CC6CCC(C5)N6)nc(OCC5(CN6CC7(CCC7)C6)CC5)nc4c3F)c12. The number of likely N-dealkylation sites (tertiary alicyclic amines) is 1. The van der Waals surface area contributed by atoms with Crippen LogP contribution >= 0.6 is 0 Å². The van der Waals surface area contributed by atoms with E-state index in [-0.39, 0.29) is 33.8 Å². The van der Waals surface area contributed by atoms with Crippen molar-refractivity contribution in [3.8, 4) is 35.2 Å². The van der Waals surface area contributed by atoms with E-state index < -0.39 is 11.6 Å². The fraction of sp³-hybridized carbons (Fsp3) is 0.474. The second kappa shape index (κ2) is 10.5. The van der Waals surface area contributed by atoms with Crippen molar-refractivity contribution in [1.29, 1.82) is 0 Å². The Balaban J connectivity index is 1.13. The summed E-state index contributed by atoms with van der Waals surface area (Å²) < 4.78 is 38.5. The maximum atomic E-state index is 17.1. The highest BCUT2D eigenvalue weighted by molar-refractivity contribution is 6.05. The molecule has 2 atom stereocenters. The number of phenolic OH excluding ortho intramolecular Hbond substituents is 1. The van der Waals surface area contributed by atoms with Crippen molar-refractivity contribution in [3.05, 3.63) is 53.1 Å². The molecular formula is C38H39F2N5O2. The van der Waals surface area contributed by atoms with Gasteiger partial charge in [0.25, 0.3) is 0 Å². The summed E-state index contributed by atoms with van der Waals surface area (Å²) in [4.78, 5) is 14.5. The highest BCUT2D eigenvalue weighted by Gasteiger charge is 2.52. The van der Waals surface area contributed by atoms with E-state index in [2.05, 4.69) is 21.0 Å². The first-order valence-corrected chi connectivity index (χ1v) is 17.0. The van der Waals surface area contributed by atoms with E-state index in [9.17, 15) is 9.50 Å². The number of phenols is 1. The highest BCUT2D eigenvalue weighted by atomic mass is 19.1. The number of halogens is 2. The van der Waals surface area contributed by atoms with Crippen LogP contribution in [0.15, 0.2) is 30.3 Å². The van der Waals surface area contributed by atoms with Crippen molar-refractivity contribution in [2.45, 2.75) is 64.0 Å². The summed E-state index contributed by atoms with van der Waals surface area (Å²) in [5, 5.41) is 15.9. The second-order valence-corrected chi connectivity index (χ2v) is 15.1. The molecule has 5 fully saturated rings. The maximum Gasteiger partial charge on any atom is 0.319 e. The Bertz CT molecular complexity index is 1980. The van der Waals surface area contributed by atoms with Gasteiger partial charge in [-0.3, -0.25) is 0 Å². The fourth-order valence-corrected chi connectivity index (χ4v) is 8.91. The zero-order valence-electron chi connectivity index (χ0n) is 26.7. The van der Waals surface area contributed by atoms with Gasteiger partial charge in [-0.2, -0.15) is 9.97 Å². The molecule has 3 aromatic carbocycles. The van der Waals surface area contributed by atoms with Crippen molar-refractivity contribution in [3.63, 3.8) is 0 Å². The van der Waals surface area contributed by atoms with Gasteiger partial charge in [-0.1, -0.05) is 18.4 Å². The van der Waals surface area contributed by atoms with E-state index >= 15 is 4.39 Å². The van der Waals surface area contributed by atoms with Gasteiger partial charge in [0.1, 0.15) is 22.9 Å². The number of fused-ring (bicyclic) bond motifs is 4. The Kier molecular flexibility index (Phi) is 6.52. The molecule has 0 amide bonds. The third-order valence-electron chi connectivity index (χ3n) is 11.6. The third-order valence-corrected chi connectivity index (χ3v) is 11.6. The lowest BCUT2D eigenvalue weighted by Crippen LogP contribution is -2.60. The van der Waals surface area contributed by atoms with Gasteiger partial charge >= 0.3 is 6.01 Å². The van der Waals surface area contributed by atoms with Crippen LogP contribution in [-0.4, -0.2) is 71.4 Å². The molecule has 7 nitrogen and oxygen atoms in total. The smallest absolute Gasteiger partial charge is 0.319 e. The standard InChI is InChI=1S/C38H39F2N5O2/c1-3-27-30(39)8-5-23-14-26(46)15-28(32(23)27)31-22(2)13-29-34(33(31)40)42-36(43-35(29)45-16-24-6-7-25(17-45)41-24)47-21-38(11-12-38)20-44-18-37(19-44)9-4-10-37/h1,5,8,13-15,24-25,41,46H,4,6-7,9-12,16-21H2,2H3. The van der Waals surface area contributed by atoms with E-state index in [1.54, 1.807) is 6.07 Å². The maximum absolute atomic E-state index is 17.1. The molecule has 2 aliphatic carbocycles. The average Bonchev–Trinajstić information content (AvgIpc) is 3.70. The van der Waals surface area contributed by atoms with Crippen LogP contribution in [0.5, 0.6) is 11.8 Å². The van der Waals surface area contributed by atoms with E-state index in [0.29, 0.717) is 57.2 Å². The Morgan fingerprint density at radius 3 is 2.51 bits per heavy atom. The van der Waals surface area contributed by atoms with Crippen LogP contribution in [-0.2, 0) is 0 Å². The first-order chi connectivity index (χ1) is 22.7. The number of hydrogen-bond donors (Lipinski definition) is 2. The van der Waals surface area contributed by atoms with Crippen LogP contribution in [0.25, 0.3) is 32.8 Å². The van der Waals surface area contributed by atoms with Crippen LogP contribution in [0.2, 0.25) is 0 Å². The first-order valence-electron chi connectivity index (χ1n) is 17.0. The van der Waals surface area contributed by atoms with E-state index in [4.69, 9.17) is 21.1 Å². The van der Waals surface area contributed by atoms with E-state index in [1.807, 2.05) is 13.0 Å². The van der Waals surface area contributed by atoms with Gasteiger partial charge in [-0.25, -0.2) is 8.78 Å². The number of ether oxygens (including phenoxy) is 1. The van der Waals surface area contributed by atoms with Crippen molar-refractivity contribution >= 4 is 27.5 Å². The molecule has 3 aliphatic heterocycles. The number of rotatable bonds is 7. The zero-order chi connectivity index (χ0) is 32.1. The Labute approximate surface area is 273 Å². The van der Waals surface area contributed by atoms with Crippen molar-refractivity contribution < 1.29 is 18.6 Å². The first kappa shape index (κ1) is 29.2. The van der Waals surface area contributed by atoms with Gasteiger partial charge in [0.15, 0.2) is 5.82 Å². The molecule has 1 aromatic heterocycles. The van der Waals surface area contributed by atoms with Gasteiger partial charge in [0.05, 0.1) is 12.2 Å². The summed E-state index contributed by atoms with van der Waals surface area (Å²) in [6.45, 7) is 7.26. The molecule has 2 saturated carbocycles. The summed E-state index contributed by atoms with van der Waals surface area (Å²) in [6.07, 6.45) is 14.3. The number of aryl methyl sites for hydroxylation is 1. The summed E-state index contributed by atoms with van der Waals surface area (Å²) in [5.74, 6) is 1.91. The normalized spacial score (nSPS) is 23.9. The number of anilines is 1. The van der Waals surface area contributed by atoms with Gasteiger partial charge in [0.2, 0.25) is 0 Å². The van der Waals surface area contributed by atoms with Crippen molar-refractivity contribution in [2.24, 2.45) is 10.8 Å². The van der Waals surface area contributed by atoms with Crippen LogP contribution in [0.4, 0.5) is 14.6 Å². The number of benzene rings is 3. The molecule has 2 bridgehead atoms. The molecule has 4 aromatic rings. The Morgan fingerprint density at radius 1 is 1.06 bits per heavy atom. The fourth-order valence-electron chi connectivity index (χ4n) is 8.91. The minimum Gasteiger partial charge on any atom is -0.508 e. The minimum absolute atomic E-state index is 0.0280. The van der Waals surface area contributed by atoms with Gasteiger partial charge in [0, 0.05) is 66.6 Å². The van der Waals surface area contributed by atoms with E-state index in [1.165, 1.54) is 50.6 Å². The van der Waals surface area contributed by atoms with Crippen LogP contribution < -0.4 is 15.0 Å². The highest BCUT2D eigenvalue weighted by Crippen LogP contribution is 2.53. The molecule has 47 heavy (non-hydrogen) atoms. The summed E-state index contributed by atoms with van der Waals surface area (Å²) in [5.41, 5.74) is 2.00. The largest absolute Gasteiger partial charge is 0.508 e. The van der Waals surface area contributed by atoms with E-state index in [0.717, 1.165) is 45.3 Å². The molecule has 9 heteroatoms. The predicted molar refractivity (Wildman–Crippen MR) is 179 cm³/mol. The number of aromatic nitrogens is 2. The summed E-state index contributed by atoms with van der Waals surface area (Å²) in [7, 11) is 0. The Morgan fingerprint density at radius 2 is 1.83 bits per heavy atom.